The predicted molar refractivity (Wildman–Crippen MR) is 130 cm³/mol. The molecule has 3 aromatic rings. The molecule has 0 saturated heterocycles. The van der Waals surface area contributed by atoms with E-state index in [1.165, 1.54) is 19.0 Å². The zero-order valence-electron chi connectivity index (χ0n) is 19.5. The molecule has 174 valence electrons. The SMILES string of the molecule is C[C@@H](CNc1c(C(N)=O)cnn2cc(-c3cccc(C(=O)NCCN(C)C)c3)cc12)C1CC1. The summed E-state index contributed by atoms with van der Waals surface area (Å²) in [5.74, 6) is 0.663. The van der Waals surface area contributed by atoms with Gasteiger partial charge in [0.05, 0.1) is 23.0 Å². The fourth-order valence-electron chi connectivity index (χ4n) is 4.02. The molecule has 4 rings (SSSR count). The van der Waals surface area contributed by atoms with Crippen molar-refractivity contribution in [2.75, 3.05) is 39.0 Å². The van der Waals surface area contributed by atoms with E-state index in [1.54, 1.807) is 10.6 Å². The second-order valence-electron chi connectivity index (χ2n) is 9.19. The molecule has 8 nitrogen and oxygen atoms in total. The normalized spacial score (nSPS) is 14.4. The molecule has 1 atom stereocenters. The van der Waals surface area contributed by atoms with E-state index >= 15 is 0 Å². The maximum atomic E-state index is 12.6. The van der Waals surface area contributed by atoms with Gasteiger partial charge in [-0.25, -0.2) is 4.52 Å². The zero-order valence-corrected chi connectivity index (χ0v) is 19.5. The summed E-state index contributed by atoms with van der Waals surface area (Å²) in [4.78, 5) is 26.6. The Labute approximate surface area is 194 Å². The summed E-state index contributed by atoms with van der Waals surface area (Å²) >= 11 is 0. The minimum absolute atomic E-state index is 0.104. The third-order valence-corrected chi connectivity index (χ3v) is 6.23. The maximum absolute atomic E-state index is 12.6. The standard InChI is InChI=1S/C25H32N6O2/c1-16(17-7-8-17)13-28-23-21(24(26)32)14-29-31-15-20(12-22(23)31)18-5-4-6-19(11-18)25(33)27-9-10-30(2)3/h4-6,11-12,14-17,28H,7-10,13H2,1-3H3,(H2,26,32)(H,27,33)/t16-/m0/s1. The molecular weight excluding hydrogens is 416 g/mol. The summed E-state index contributed by atoms with van der Waals surface area (Å²) in [5, 5.41) is 10.8. The number of likely N-dealkylation sites (N-methyl/N-ethyl adjacent to an activating group) is 1. The molecule has 0 spiro atoms. The fraction of sp³-hybridized carbons (Fsp3) is 0.400. The van der Waals surface area contributed by atoms with Gasteiger partial charge in [-0.15, -0.1) is 0 Å². The molecule has 0 unspecified atom stereocenters. The molecule has 2 aromatic heterocycles. The molecule has 2 amide bonds. The molecule has 0 radical (unpaired) electrons. The fourth-order valence-corrected chi connectivity index (χ4v) is 4.02. The highest BCUT2D eigenvalue weighted by Crippen LogP contribution is 2.37. The van der Waals surface area contributed by atoms with Gasteiger partial charge >= 0.3 is 0 Å². The van der Waals surface area contributed by atoms with Gasteiger partial charge in [0.2, 0.25) is 0 Å². The Kier molecular flexibility index (Phi) is 6.65. The van der Waals surface area contributed by atoms with Crippen LogP contribution in [0.1, 0.15) is 40.5 Å². The van der Waals surface area contributed by atoms with Gasteiger partial charge in [0.15, 0.2) is 0 Å². The topological polar surface area (TPSA) is 105 Å². The zero-order chi connectivity index (χ0) is 23.5. The number of hydrogen-bond acceptors (Lipinski definition) is 5. The van der Waals surface area contributed by atoms with Crippen LogP contribution in [0.25, 0.3) is 16.6 Å². The second kappa shape index (κ2) is 9.62. The van der Waals surface area contributed by atoms with Gasteiger partial charge in [0.1, 0.15) is 0 Å². The van der Waals surface area contributed by atoms with Crippen LogP contribution in [-0.4, -0.2) is 60.1 Å². The van der Waals surface area contributed by atoms with Crippen molar-refractivity contribution in [3.8, 4) is 11.1 Å². The molecule has 1 saturated carbocycles. The van der Waals surface area contributed by atoms with E-state index in [4.69, 9.17) is 5.73 Å². The number of rotatable bonds is 10. The monoisotopic (exact) mass is 448 g/mol. The first kappa shape index (κ1) is 22.8. The average Bonchev–Trinajstić information content (AvgIpc) is 3.55. The summed E-state index contributed by atoms with van der Waals surface area (Å²) in [7, 11) is 3.94. The number of amides is 2. The van der Waals surface area contributed by atoms with E-state index in [0.29, 0.717) is 29.3 Å². The molecule has 1 aliphatic carbocycles. The summed E-state index contributed by atoms with van der Waals surface area (Å²) in [6.07, 6.45) is 5.95. The van der Waals surface area contributed by atoms with Crippen LogP contribution in [0.5, 0.6) is 0 Å². The van der Waals surface area contributed by atoms with Crippen molar-refractivity contribution in [2.45, 2.75) is 19.8 Å². The van der Waals surface area contributed by atoms with Crippen molar-refractivity contribution < 1.29 is 9.59 Å². The maximum Gasteiger partial charge on any atom is 0.252 e. The number of carbonyl (C=O) groups excluding carboxylic acids is 2. The number of nitrogens with one attached hydrogen (secondary N) is 2. The highest BCUT2D eigenvalue weighted by Gasteiger charge is 2.28. The van der Waals surface area contributed by atoms with Crippen molar-refractivity contribution in [1.82, 2.24) is 19.8 Å². The van der Waals surface area contributed by atoms with Crippen molar-refractivity contribution in [1.29, 1.82) is 0 Å². The van der Waals surface area contributed by atoms with Crippen LogP contribution < -0.4 is 16.4 Å². The first-order valence-electron chi connectivity index (χ1n) is 11.4. The Morgan fingerprint density at radius 3 is 2.73 bits per heavy atom. The molecule has 1 aromatic carbocycles. The number of carbonyl (C=O) groups is 2. The summed E-state index contributed by atoms with van der Waals surface area (Å²) in [6.45, 7) is 4.36. The smallest absolute Gasteiger partial charge is 0.252 e. The highest BCUT2D eigenvalue weighted by atomic mass is 16.2. The highest BCUT2D eigenvalue weighted by molar-refractivity contribution is 6.02. The van der Waals surface area contributed by atoms with Gasteiger partial charge in [0.25, 0.3) is 11.8 Å². The van der Waals surface area contributed by atoms with Gasteiger partial charge < -0.3 is 21.3 Å². The summed E-state index contributed by atoms with van der Waals surface area (Å²) < 4.78 is 1.75. The number of nitrogens with zero attached hydrogens (tertiary/aromatic N) is 3. The van der Waals surface area contributed by atoms with E-state index in [-0.39, 0.29) is 5.91 Å². The minimum atomic E-state index is -0.509. The van der Waals surface area contributed by atoms with Crippen molar-refractivity contribution >= 4 is 23.0 Å². The van der Waals surface area contributed by atoms with Crippen LogP contribution in [0.4, 0.5) is 5.69 Å². The van der Waals surface area contributed by atoms with E-state index in [9.17, 15) is 9.59 Å². The van der Waals surface area contributed by atoms with Gasteiger partial charge in [0, 0.05) is 37.0 Å². The number of aromatic nitrogens is 2. The quantitative estimate of drug-likeness (QED) is 0.442. The van der Waals surface area contributed by atoms with Crippen LogP contribution in [-0.2, 0) is 0 Å². The Balaban J connectivity index is 1.61. The molecule has 2 heterocycles. The molecule has 0 aliphatic heterocycles. The van der Waals surface area contributed by atoms with Crippen LogP contribution in [0.3, 0.4) is 0 Å². The van der Waals surface area contributed by atoms with Gasteiger partial charge in [-0.3, -0.25) is 9.59 Å². The number of anilines is 1. The van der Waals surface area contributed by atoms with Crippen molar-refractivity contribution in [3.63, 3.8) is 0 Å². The lowest BCUT2D eigenvalue weighted by atomic mass is 10.0. The largest absolute Gasteiger partial charge is 0.382 e. The summed E-state index contributed by atoms with van der Waals surface area (Å²) in [5.41, 5.74) is 9.91. The summed E-state index contributed by atoms with van der Waals surface area (Å²) in [6, 6.07) is 9.49. The first-order chi connectivity index (χ1) is 15.8. The number of primary amides is 1. The van der Waals surface area contributed by atoms with Crippen molar-refractivity contribution in [2.24, 2.45) is 17.6 Å². The number of fused-ring (bicyclic) bond motifs is 1. The lowest BCUT2D eigenvalue weighted by Crippen LogP contribution is -2.31. The Morgan fingerprint density at radius 1 is 1.24 bits per heavy atom. The average molecular weight is 449 g/mol. The Bertz CT molecular complexity index is 1160. The lowest BCUT2D eigenvalue weighted by Gasteiger charge is -2.15. The molecule has 8 heteroatoms. The Morgan fingerprint density at radius 2 is 2.03 bits per heavy atom. The third kappa shape index (κ3) is 5.34. The molecular formula is C25H32N6O2. The predicted octanol–water partition coefficient (Wildman–Crippen LogP) is 2.85. The van der Waals surface area contributed by atoms with Crippen LogP contribution in [0.2, 0.25) is 0 Å². The number of benzene rings is 1. The Hall–Kier alpha value is -3.39. The number of nitrogens with two attached hydrogens (primary N) is 1. The molecule has 1 aliphatic rings. The van der Waals surface area contributed by atoms with E-state index in [2.05, 4.69) is 22.7 Å². The number of hydrogen-bond donors (Lipinski definition) is 3. The van der Waals surface area contributed by atoms with Gasteiger partial charge in [-0.05, 0) is 62.5 Å². The first-order valence-corrected chi connectivity index (χ1v) is 11.4. The van der Waals surface area contributed by atoms with E-state index < -0.39 is 5.91 Å². The minimum Gasteiger partial charge on any atom is -0.382 e. The van der Waals surface area contributed by atoms with Gasteiger partial charge in [-0.1, -0.05) is 19.1 Å². The molecule has 0 bridgehead atoms. The van der Waals surface area contributed by atoms with E-state index in [1.807, 2.05) is 49.5 Å². The molecule has 4 N–H and O–H groups in total. The third-order valence-electron chi connectivity index (χ3n) is 6.23. The lowest BCUT2D eigenvalue weighted by molar-refractivity contribution is 0.0949. The van der Waals surface area contributed by atoms with Crippen LogP contribution in [0.15, 0.2) is 42.7 Å². The van der Waals surface area contributed by atoms with Crippen LogP contribution >= 0.6 is 0 Å². The molecule has 1 fully saturated rings. The molecule has 33 heavy (non-hydrogen) atoms. The van der Waals surface area contributed by atoms with E-state index in [0.717, 1.165) is 35.7 Å². The van der Waals surface area contributed by atoms with Gasteiger partial charge in [-0.2, -0.15) is 5.10 Å². The van der Waals surface area contributed by atoms with Crippen LogP contribution in [0, 0.1) is 11.8 Å². The van der Waals surface area contributed by atoms with Crippen molar-refractivity contribution in [3.05, 3.63) is 53.9 Å². The second-order valence-corrected chi connectivity index (χ2v) is 9.19.